The van der Waals surface area contributed by atoms with E-state index >= 15 is 0 Å². The van der Waals surface area contributed by atoms with Gasteiger partial charge in [-0.25, -0.2) is 4.98 Å². The largest absolute Gasteiger partial charge is 0.355 e. The molecule has 2 aromatic rings. The third-order valence-corrected chi connectivity index (χ3v) is 4.66. The molecule has 1 amide bonds. The standard InChI is InChI=1S/C20H27N5O/c1-24(15-17-6-4-10-21-14-17)13-9-20(26)23-18-7-5-12-25(16-18)19-8-2-3-11-22-19/h2-4,6,8,10-11,14,18H,5,7,9,12-13,15-16H2,1H3,(H,23,26)/t18-/m0/s1. The molecule has 0 unspecified atom stereocenters. The van der Waals surface area contributed by atoms with Crippen LogP contribution in [-0.4, -0.2) is 53.5 Å². The summed E-state index contributed by atoms with van der Waals surface area (Å²) in [6, 6.07) is 10.1. The van der Waals surface area contributed by atoms with E-state index < -0.39 is 0 Å². The first-order chi connectivity index (χ1) is 12.7. The van der Waals surface area contributed by atoms with Crippen LogP contribution in [0.1, 0.15) is 24.8 Å². The normalized spacial score (nSPS) is 17.3. The molecule has 1 aliphatic rings. The molecule has 1 saturated heterocycles. The summed E-state index contributed by atoms with van der Waals surface area (Å²) in [5.41, 5.74) is 1.16. The van der Waals surface area contributed by atoms with Gasteiger partial charge in [0, 0.05) is 57.2 Å². The van der Waals surface area contributed by atoms with E-state index in [0.717, 1.165) is 50.4 Å². The first-order valence-electron chi connectivity index (χ1n) is 9.23. The zero-order valence-electron chi connectivity index (χ0n) is 15.3. The highest BCUT2D eigenvalue weighted by Crippen LogP contribution is 2.17. The van der Waals surface area contributed by atoms with Crippen molar-refractivity contribution in [3.63, 3.8) is 0 Å². The zero-order chi connectivity index (χ0) is 18.2. The molecule has 0 saturated carbocycles. The lowest BCUT2D eigenvalue weighted by Gasteiger charge is -2.34. The minimum atomic E-state index is 0.121. The molecule has 0 bridgehead atoms. The van der Waals surface area contributed by atoms with E-state index in [1.54, 1.807) is 6.20 Å². The van der Waals surface area contributed by atoms with E-state index in [0.29, 0.717) is 6.42 Å². The van der Waals surface area contributed by atoms with Gasteiger partial charge in [0.2, 0.25) is 5.91 Å². The summed E-state index contributed by atoms with van der Waals surface area (Å²) < 4.78 is 0. The Morgan fingerprint density at radius 3 is 3.00 bits per heavy atom. The summed E-state index contributed by atoms with van der Waals surface area (Å²) in [5, 5.41) is 3.19. The lowest BCUT2D eigenvalue weighted by molar-refractivity contribution is -0.122. The number of hydrogen-bond acceptors (Lipinski definition) is 5. The Kier molecular flexibility index (Phi) is 6.55. The van der Waals surface area contributed by atoms with Gasteiger partial charge in [-0.05, 0) is 43.7 Å². The van der Waals surface area contributed by atoms with Gasteiger partial charge in [0.1, 0.15) is 5.82 Å². The third kappa shape index (κ3) is 5.52. The number of aromatic nitrogens is 2. The van der Waals surface area contributed by atoms with E-state index in [-0.39, 0.29) is 11.9 Å². The third-order valence-electron chi connectivity index (χ3n) is 4.66. The number of carbonyl (C=O) groups excluding carboxylic acids is 1. The predicted molar refractivity (Wildman–Crippen MR) is 103 cm³/mol. The van der Waals surface area contributed by atoms with Gasteiger partial charge < -0.3 is 15.1 Å². The Morgan fingerprint density at radius 2 is 2.23 bits per heavy atom. The quantitative estimate of drug-likeness (QED) is 0.826. The van der Waals surface area contributed by atoms with Crippen molar-refractivity contribution in [3.05, 3.63) is 54.5 Å². The average molecular weight is 353 g/mol. The molecule has 0 aliphatic carbocycles. The van der Waals surface area contributed by atoms with Crippen molar-refractivity contribution in [2.45, 2.75) is 31.8 Å². The Morgan fingerprint density at radius 1 is 1.31 bits per heavy atom. The lowest BCUT2D eigenvalue weighted by Crippen LogP contribution is -2.48. The second-order valence-electron chi connectivity index (χ2n) is 6.89. The van der Waals surface area contributed by atoms with Crippen molar-refractivity contribution in [1.82, 2.24) is 20.2 Å². The lowest BCUT2D eigenvalue weighted by atomic mass is 10.1. The number of nitrogens with one attached hydrogen (secondary N) is 1. The van der Waals surface area contributed by atoms with Crippen LogP contribution in [0.15, 0.2) is 48.9 Å². The second-order valence-corrected chi connectivity index (χ2v) is 6.89. The molecule has 1 atom stereocenters. The summed E-state index contributed by atoms with van der Waals surface area (Å²) in [5.74, 6) is 1.11. The van der Waals surface area contributed by atoms with Crippen LogP contribution in [0.3, 0.4) is 0 Å². The van der Waals surface area contributed by atoms with Crippen LogP contribution in [0.2, 0.25) is 0 Å². The first-order valence-corrected chi connectivity index (χ1v) is 9.23. The van der Waals surface area contributed by atoms with Crippen molar-refractivity contribution in [3.8, 4) is 0 Å². The number of carbonyl (C=O) groups is 1. The molecule has 3 rings (SSSR count). The van der Waals surface area contributed by atoms with E-state index in [1.807, 2.05) is 43.7 Å². The van der Waals surface area contributed by atoms with Crippen LogP contribution in [0, 0.1) is 0 Å². The highest BCUT2D eigenvalue weighted by atomic mass is 16.1. The second kappa shape index (κ2) is 9.29. The number of nitrogens with zero attached hydrogens (tertiary/aromatic N) is 4. The fourth-order valence-corrected chi connectivity index (χ4v) is 3.32. The SMILES string of the molecule is CN(CCC(=O)N[C@H]1CCCN(c2ccccn2)C1)Cc1cccnc1. The molecule has 6 heteroatoms. The summed E-state index contributed by atoms with van der Waals surface area (Å²) >= 11 is 0. The van der Waals surface area contributed by atoms with Crippen molar-refractivity contribution >= 4 is 11.7 Å². The predicted octanol–water partition coefficient (Wildman–Crippen LogP) is 2.08. The minimum Gasteiger partial charge on any atom is -0.355 e. The molecule has 0 spiro atoms. The van der Waals surface area contributed by atoms with E-state index in [1.165, 1.54) is 0 Å². The number of amides is 1. The molecule has 2 aromatic heterocycles. The molecule has 0 aromatic carbocycles. The topological polar surface area (TPSA) is 61.4 Å². The molecule has 0 radical (unpaired) electrons. The maximum Gasteiger partial charge on any atom is 0.221 e. The molecule has 1 fully saturated rings. The van der Waals surface area contributed by atoms with Crippen LogP contribution >= 0.6 is 0 Å². The molecule has 1 N–H and O–H groups in total. The van der Waals surface area contributed by atoms with Crippen molar-refractivity contribution in [2.24, 2.45) is 0 Å². The fraction of sp³-hybridized carbons (Fsp3) is 0.450. The van der Waals surface area contributed by atoms with Gasteiger partial charge in [0.05, 0.1) is 0 Å². The minimum absolute atomic E-state index is 0.121. The molecular formula is C20H27N5O. The molecular weight excluding hydrogens is 326 g/mol. The zero-order valence-corrected chi connectivity index (χ0v) is 15.3. The smallest absolute Gasteiger partial charge is 0.221 e. The van der Waals surface area contributed by atoms with E-state index in [4.69, 9.17) is 0 Å². The van der Waals surface area contributed by atoms with Gasteiger partial charge in [-0.3, -0.25) is 9.78 Å². The maximum atomic E-state index is 12.3. The molecule has 3 heterocycles. The Bertz CT molecular complexity index is 679. The van der Waals surface area contributed by atoms with Crippen LogP contribution in [0.4, 0.5) is 5.82 Å². The molecule has 1 aliphatic heterocycles. The Hall–Kier alpha value is -2.47. The first kappa shape index (κ1) is 18.3. The van der Waals surface area contributed by atoms with E-state index in [2.05, 4.69) is 31.2 Å². The molecule has 26 heavy (non-hydrogen) atoms. The van der Waals surface area contributed by atoms with Crippen LogP contribution in [0.5, 0.6) is 0 Å². The van der Waals surface area contributed by atoms with Gasteiger partial charge >= 0.3 is 0 Å². The summed E-state index contributed by atoms with van der Waals surface area (Å²) in [4.78, 5) is 25.3. The van der Waals surface area contributed by atoms with Gasteiger partial charge in [-0.2, -0.15) is 0 Å². The van der Waals surface area contributed by atoms with Crippen molar-refractivity contribution in [2.75, 3.05) is 31.6 Å². The van der Waals surface area contributed by atoms with E-state index in [9.17, 15) is 4.79 Å². The Labute approximate surface area is 155 Å². The van der Waals surface area contributed by atoms with Gasteiger partial charge in [-0.15, -0.1) is 0 Å². The number of pyridine rings is 2. The molecule has 138 valence electrons. The van der Waals surface area contributed by atoms with Crippen molar-refractivity contribution in [1.29, 1.82) is 0 Å². The van der Waals surface area contributed by atoms with Gasteiger partial charge in [0.15, 0.2) is 0 Å². The highest BCUT2D eigenvalue weighted by molar-refractivity contribution is 5.76. The van der Waals surface area contributed by atoms with Crippen LogP contribution in [0.25, 0.3) is 0 Å². The van der Waals surface area contributed by atoms with Crippen LogP contribution in [-0.2, 0) is 11.3 Å². The number of piperidine rings is 1. The van der Waals surface area contributed by atoms with Gasteiger partial charge in [-0.1, -0.05) is 12.1 Å². The average Bonchev–Trinajstić information content (AvgIpc) is 2.68. The monoisotopic (exact) mass is 353 g/mol. The Balaban J connectivity index is 1.41. The maximum absolute atomic E-state index is 12.3. The summed E-state index contributed by atoms with van der Waals surface area (Å²) in [7, 11) is 2.03. The van der Waals surface area contributed by atoms with Crippen LogP contribution < -0.4 is 10.2 Å². The number of anilines is 1. The summed E-state index contributed by atoms with van der Waals surface area (Å²) in [6.07, 6.45) is 8.07. The highest BCUT2D eigenvalue weighted by Gasteiger charge is 2.22. The summed E-state index contributed by atoms with van der Waals surface area (Å²) in [6.45, 7) is 3.36. The number of rotatable bonds is 7. The van der Waals surface area contributed by atoms with Crippen molar-refractivity contribution < 1.29 is 4.79 Å². The molecule has 6 nitrogen and oxygen atoms in total. The van der Waals surface area contributed by atoms with Gasteiger partial charge in [0.25, 0.3) is 0 Å². The fourth-order valence-electron chi connectivity index (χ4n) is 3.32. The number of hydrogen-bond donors (Lipinski definition) is 1.